The molecule has 1 saturated heterocycles. The molecule has 3 N–H and O–H groups in total. The number of likely N-dealkylation sites (tertiary alicyclic amines) is 1. The van der Waals surface area contributed by atoms with Crippen molar-refractivity contribution in [2.45, 2.75) is 38.1 Å². The molecule has 15 heteroatoms. The number of aromatic amines is 2. The number of hydrogen-bond acceptors (Lipinski definition) is 8. The lowest BCUT2D eigenvalue weighted by Crippen LogP contribution is -2.41. The van der Waals surface area contributed by atoms with Crippen LogP contribution in [0.15, 0.2) is 41.6 Å². The zero-order chi connectivity index (χ0) is 29.4. The predicted molar refractivity (Wildman–Crippen MR) is 145 cm³/mol. The molecule has 0 saturated carbocycles. The van der Waals surface area contributed by atoms with Crippen LogP contribution >= 0.6 is 0 Å². The quantitative estimate of drug-likeness (QED) is 0.321. The van der Waals surface area contributed by atoms with E-state index in [9.17, 15) is 22.8 Å². The minimum absolute atomic E-state index is 0.0474. The van der Waals surface area contributed by atoms with E-state index in [1.165, 1.54) is 4.90 Å². The fourth-order valence-corrected chi connectivity index (χ4v) is 5.05. The van der Waals surface area contributed by atoms with Gasteiger partial charge in [0, 0.05) is 43.7 Å². The van der Waals surface area contributed by atoms with Gasteiger partial charge in [0.1, 0.15) is 23.1 Å². The highest BCUT2D eigenvalue weighted by molar-refractivity contribution is 5.89. The van der Waals surface area contributed by atoms with E-state index in [0.717, 1.165) is 12.3 Å². The lowest BCUT2D eigenvalue weighted by Gasteiger charge is -2.30. The Morgan fingerprint density at radius 2 is 1.98 bits per heavy atom. The van der Waals surface area contributed by atoms with E-state index in [1.807, 2.05) is 7.05 Å². The number of piperidine rings is 1. The molecule has 4 aromatic rings. The van der Waals surface area contributed by atoms with Crippen LogP contribution in [0.3, 0.4) is 0 Å². The molecule has 2 aliphatic rings. The number of fused-ring (bicyclic) bond motifs is 2. The summed E-state index contributed by atoms with van der Waals surface area (Å²) in [5.74, 6) is -0.0880. The first-order valence-corrected chi connectivity index (χ1v) is 13.3. The topological polar surface area (TPSA) is 141 Å². The number of carbonyl (C=O) groups excluding carboxylic acids is 1. The number of aromatic nitrogens is 5. The first-order chi connectivity index (χ1) is 20.1. The molecule has 42 heavy (non-hydrogen) atoms. The van der Waals surface area contributed by atoms with E-state index in [4.69, 9.17) is 9.47 Å². The van der Waals surface area contributed by atoms with Crippen LogP contribution in [-0.4, -0.2) is 73.5 Å². The summed E-state index contributed by atoms with van der Waals surface area (Å²) in [5.41, 5.74) is -0.264. The van der Waals surface area contributed by atoms with Crippen LogP contribution < -0.4 is 20.3 Å². The highest BCUT2D eigenvalue weighted by Crippen LogP contribution is 2.37. The third-order valence-electron chi connectivity index (χ3n) is 7.32. The second-order valence-corrected chi connectivity index (χ2v) is 10.2. The smallest absolute Gasteiger partial charge is 0.421 e. The van der Waals surface area contributed by atoms with Gasteiger partial charge in [0.05, 0.1) is 29.5 Å². The first kappa shape index (κ1) is 27.5. The molecule has 6 rings (SSSR count). The maximum atomic E-state index is 13.9. The maximum Gasteiger partial charge on any atom is 0.421 e. The number of H-pyrrole nitrogens is 2. The number of alkyl halides is 3. The Bertz CT molecular complexity index is 1680. The second-order valence-electron chi connectivity index (χ2n) is 10.2. The molecule has 6 heterocycles. The average molecular weight is 585 g/mol. The molecule has 2 amide bonds. The number of nitrogens with one attached hydrogen (secondary N) is 3. The van der Waals surface area contributed by atoms with E-state index in [1.54, 1.807) is 24.5 Å². The van der Waals surface area contributed by atoms with Crippen LogP contribution in [0.4, 0.5) is 23.7 Å². The molecule has 4 aromatic heterocycles. The molecule has 0 aromatic carbocycles. The van der Waals surface area contributed by atoms with Crippen LogP contribution in [0.2, 0.25) is 0 Å². The molecular weight excluding hydrogens is 557 g/mol. The summed E-state index contributed by atoms with van der Waals surface area (Å²) >= 11 is 0. The van der Waals surface area contributed by atoms with Crippen LogP contribution in [0.1, 0.15) is 29.7 Å². The van der Waals surface area contributed by atoms with Gasteiger partial charge in [-0.15, -0.1) is 0 Å². The van der Waals surface area contributed by atoms with Crippen molar-refractivity contribution in [2.24, 2.45) is 0 Å². The molecule has 0 aliphatic carbocycles. The monoisotopic (exact) mass is 584 g/mol. The molecule has 0 bridgehead atoms. The van der Waals surface area contributed by atoms with Crippen molar-refractivity contribution in [1.29, 1.82) is 0 Å². The zero-order valence-corrected chi connectivity index (χ0v) is 22.5. The Kier molecular flexibility index (Phi) is 7.18. The molecule has 0 radical (unpaired) electrons. The fourth-order valence-electron chi connectivity index (χ4n) is 5.05. The van der Waals surface area contributed by atoms with E-state index in [-0.39, 0.29) is 37.3 Å². The van der Waals surface area contributed by atoms with Crippen molar-refractivity contribution in [2.75, 3.05) is 32.0 Å². The molecule has 1 fully saturated rings. The number of rotatable bonds is 5. The Balaban J connectivity index is 1.17. The van der Waals surface area contributed by atoms with Gasteiger partial charge in [-0.25, -0.2) is 14.8 Å². The summed E-state index contributed by atoms with van der Waals surface area (Å²) in [6.07, 6.45) is 0.664. The minimum atomic E-state index is -4.74. The Labute approximate surface area is 236 Å². The number of ether oxygens (including phenoxy) is 2. The van der Waals surface area contributed by atoms with Crippen molar-refractivity contribution >= 4 is 22.8 Å². The molecule has 12 nitrogen and oxygen atoms in total. The number of pyridine rings is 2. The number of amides is 2. The van der Waals surface area contributed by atoms with Gasteiger partial charge in [-0.05, 0) is 38.4 Å². The normalized spacial score (nSPS) is 16.3. The highest BCUT2D eigenvalue weighted by atomic mass is 19.4. The lowest BCUT2D eigenvalue weighted by atomic mass is 10.1. The van der Waals surface area contributed by atoms with E-state index >= 15 is 0 Å². The molecule has 220 valence electrons. The second kappa shape index (κ2) is 11.0. The maximum absolute atomic E-state index is 13.9. The minimum Gasteiger partial charge on any atom is -0.474 e. The van der Waals surface area contributed by atoms with Gasteiger partial charge in [0.2, 0.25) is 5.88 Å². The summed E-state index contributed by atoms with van der Waals surface area (Å²) < 4.78 is 53.1. The summed E-state index contributed by atoms with van der Waals surface area (Å²) in [7, 11) is 1.94. The van der Waals surface area contributed by atoms with Gasteiger partial charge in [0.15, 0.2) is 0 Å². The van der Waals surface area contributed by atoms with Crippen molar-refractivity contribution in [3.05, 3.63) is 64.0 Å². The van der Waals surface area contributed by atoms with Gasteiger partial charge < -0.3 is 29.6 Å². The SMILES string of the molecule is CN1CCC(Oc2ncc(NC(=O)N3CCc4c(nc(Oc5ccnc6[nH]ccc56)[nH]c4=O)C3)cc2C(F)(F)F)CC1. The van der Waals surface area contributed by atoms with E-state index in [2.05, 4.69) is 35.1 Å². The Hall–Kier alpha value is -4.66. The first-order valence-electron chi connectivity index (χ1n) is 13.3. The third kappa shape index (κ3) is 5.72. The van der Waals surface area contributed by atoms with Crippen LogP contribution in [0, 0.1) is 0 Å². The predicted octanol–water partition coefficient (Wildman–Crippen LogP) is 3.92. The molecule has 0 atom stereocenters. The van der Waals surface area contributed by atoms with Crippen molar-refractivity contribution < 1.29 is 27.4 Å². The van der Waals surface area contributed by atoms with Gasteiger partial charge >= 0.3 is 18.2 Å². The van der Waals surface area contributed by atoms with Gasteiger partial charge in [-0.2, -0.15) is 18.2 Å². The molecular formula is C27H27F3N8O4. The number of hydrogen-bond donors (Lipinski definition) is 3. The van der Waals surface area contributed by atoms with Gasteiger partial charge in [-0.1, -0.05) is 0 Å². The van der Waals surface area contributed by atoms with Crippen molar-refractivity contribution in [3.8, 4) is 17.6 Å². The lowest BCUT2D eigenvalue weighted by molar-refractivity contribution is -0.139. The van der Waals surface area contributed by atoms with Crippen molar-refractivity contribution in [1.82, 2.24) is 34.7 Å². The largest absolute Gasteiger partial charge is 0.474 e. The number of anilines is 1. The van der Waals surface area contributed by atoms with Crippen molar-refractivity contribution in [3.63, 3.8) is 0 Å². The Morgan fingerprint density at radius 1 is 1.17 bits per heavy atom. The molecule has 0 unspecified atom stereocenters. The summed E-state index contributed by atoms with van der Waals surface area (Å²) in [6, 6.07) is 3.50. The van der Waals surface area contributed by atoms with E-state index < -0.39 is 29.2 Å². The fraction of sp³-hybridized carbons (Fsp3) is 0.370. The number of nitrogens with zero attached hydrogens (tertiary/aromatic N) is 5. The van der Waals surface area contributed by atoms with E-state index in [0.29, 0.717) is 54.0 Å². The van der Waals surface area contributed by atoms with Gasteiger partial charge in [-0.3, -0.25) is 9.78 Å². The highest BCUT2D eigenvalue weighted by Gasteiger charge is 2.37. The number of carbonyl (C=O) groups is 1. The number of halogens is 3. The van der Waals surface area contributed by atoms with Crippen LogP contribution in [-0.2, 0) is 19.1 Å². The summed E-state index contributed by atoms with van der Waals surface area (Å²) in [6.45, 7) is 1.55. The average Bonchev–Trinajstić information content (AvgIpc) is 3.44. The third-order valence-corrected chi connectivity index (χ3v) is 7.32. The molecule has 2 aliphatic heterocycles. The molecule has 0 spiro atoms. The number of urea groups is 1. The zero-order valence-electron chi connectivity index (χ0n) is 22.5. The van der Waals surface area contributed by atoms with Gasteiger partial charge in [0.25, 0.3) is 5.56 Å². The Morgan fingerprint density at radius 3 is 2.76 bits per heavy atom. The standard InChI is InChI=1S/C27H27F3N8O4/c1-37-9-4-16(5-10-37)41-24-19(27(28,29)30)12-15(13-33-24)34-26(40)38-11-6-17-20(14-38)35-25(36-23(17)39)42-21-3-8-32-22-18(21)2-7-31-22/h2-3,7-8,12-13,16H,4-6,9-11,14H2,1H3,(H,31,32)(H,34,40)(H,35,36,39). The van der Waals surface area contributed by atoms with Crippen LogP contribution in [0.25, 0.3) is 11.0 Å². The summed E-state index contributed by atoms with van der Waals surface area (Å²) in [4.78, 5) is 47.3. The summed E-state index contributed by atoms with van der Waals surface area (Å²) in [5, 5.41) is 3.17. The van der Waals surface area contributed by atoms with Crippen LogP contribution in [0.5, 0.6) is 17.6 Å².